The van der Waals surface area contributed by atoms with Gasteiger partial charge in [0, 0.05) is 12.3 Å². The van der Waals surface area contributed by atoms with Gasteiger partial charge in [-0.15, -0.1) is 0 Å². The van der Waals surface area contributed by atoms with Gasteiger partial charge in [0.05, 0.1) is 12.2 Å². The number of aliphatic hydroxyl groups is 2. The van der Waals surface area contributed by atoms with Gasteiger partial charge in [-0.1, -0.05) is 34.6 Å². The Morgan fingerprint density at radius 2 is 1.60 bits per heavy atom. The molecule has 4 saturated carbocycles. The largest absolute Gasteiger partial charge is 0.393 e. The molecule has 4 aliphatic carbocycles. The Hall–Kier alpha value is -0.410. The number of Topliss-reactive ketones (excluding diaryl/α,β-unsaturated/α-hetero) is 1. The summed E-state index contributed by atoms with van der Waals surface area (Å²) in [6, 6.07) is 0. The van der Waals surface area contributed by atoms with Crippen LogP contribution in [0.5, 0.6) is 0 Å². The van der Waals surface area contributed by atoms with E-state index < -0.39 is 0 Å². The molecular formula is C27H46O3. The molecule has 0 aromatic rings. The lowest BCUT2D eigenvalue weighted by Gasteiger charge is -2.62. The molecule has 3 unspecified atom stereocenters. The minimum absolute atomic E-state index is 0.152. The summed E-state index contributed by atoms with van der Waals surface area (Å²) in [4.78, 5) is 12.2. The number of aliphatic hydroxyl groups excluding tert-OH is 2. The van der Waals surface area contributed by atoms with E-state index in [-0.39, 0.29) is 18.1 Å². The minimum atomic E-state index is -0.195. The van der Waals surface area contributed by atoms with Crippen molar-refractivity contribution in [2.24, 2.45) is 52.3 Å². The first-order valence-corrected chi connectivity index (χ1v) is 13.0. The molecule has 3 nitrogen and oxygen atoms in total. The maximum atomic E-state index is 12.2. The molecule has 0 bridgehead atoms. The van der Waals surface area contributed by atoms with Gasteiger partial charge in [0.25, 0.3) is 0 Å². The normalized spacial score (nSPS) is 49.3. The van der Waals surface area contributed by atoms with Crippen molar-refractivity contribution in [2.45, 2.75) is 111 Å². The SMILES string of the molecule is CC(C)C(=O)CC[C@@H](C)[C@H]1CC[C@H]2[C@@H]3C(O)CC4CC(O)CC[C@]4(C)[C@H]3CC[C@]12C. The third kappa shape index (κ3) is 3.60. The van der Waals surface area contributed by atoms with Crippen LogP contribution in [0.15, 0.2) is 0 Å². The molecule has 4 aliphatic rings. The van der Waals surface area contributed by atoms with Gasteiger partial charge in [0.15, 0.2) is 0 Å². The molecule has 172 valence electrons. The lowest BCUT2D eigenvalue weighted by atomic mass is 9.43. The summed E-state index contributed by atoms with van der Waals surface area (Å²) >= 11 is 0. The van der Waals surface area contributed by atoms with Crippen LogP contribution in [0.2, 0.25) is 0 Å². The molecule has 4 fully saturated rings. The van der Waals surface area contributed by atoms with Crippen LogP contribution < -0.4 is 0 Å². The Balaban J connectivity index is 1.51. The van der Waals surface area contributed by atoms with E-state index in [1.54, 1.807) is 0 Å². The smallest absolute Gasteiger partial charge is 0.135 e. The summed E-state index contributed by atoms with van der Waals surface area (Å²) < 4.78 is 0. The zero-order chi connectivity index (χ0) is 21.8. The van der Waals surface area contributed by atoms with E-state index in [0.29, 0.717) is 52.1 Å². The van der Waals surface area contributed by atoms with Crippen molar-refractivity contribution < 1.29 is 15.0 Å². The standard InChI is InChI=1S/C27H46O3/c1-16(2)23(29)9-6-17(3)20-7-8-21-25-22(11-13-27(20,21)5)26(4)12-10-19(28)14-18(26)15-24(25)30/h16-22,24-25,28,30H,6-15H2,1-5H3/t17-,18?,19?,20-,21+,22+,24?,25+,26+,27-/m1/s1. The number of carbonyl (C=O) groups excluding carboxylic acids is 1. The van der Waals surface area contributed by atoms with Gasteiger partial charge in [-0.05, 0) is 104 Å². The molecule has 0 amide bonds. The van der Waals surface area contributed by atoms with Crippen LogP contribution in [0.4, 0.5) is 0 Å². The summed E-state index contributed by atoms with van der Waals surface area (Å²) in [6.45, 7) is 11.4. The van der Waals surface area contributed by atoms with Crippen LogP contribution >= 0.6 is 0 Å². The lowest BCUT2D eigenvalue weighted by molar-refractivity contribution is -0.174. The minimum Gasteiger partial charge on any atom is -0.393 e. The maximum absolute atomic E-state index is 12.2. The molecule has 30 heavy (non-hydrogen) atoms. The van der Waals surface area contributed by atoms with Crippen LogP contribution in [0, 0.1) is 52.3 Å². The predicted octanol–water partition coefficient (Wildman–Crippen LogP) is 5.62. The highest BCUT2D eigenvalue weighted by Gasteiger charge is 2.62. The Bertz CT molecular complexity index is 644. The first-order chi connectivity index (χ1) is 14.1. The van der Waals surface area contributed by atoms with Gasteiger partial charge in [-0.3, -0.25) is 4.79 Å². The average Bonchev–Trinajstić information content (AvgIpc) is 3.04. The quantitative estimate of drug-likeness (QED) is 0.609. The average molecular weight is 419 g/mol. The summed E-state index contributed by atoms with van der Waals surface area (Å²) in [7, 11) is 0. The summed E-state index contributed by atoms with van der Waals surface area (Å²) in [5, 5.41) is 21.6. The molecular weight excluding hydrogens is 372 g/mol. The fourth-order valence-electron chi connectivity index (χ4n) is 9.04. The van der Waals surface area contributed by atoms with Gasteiger partial charge in [-0.25, -0.2) is 0 Å². The highest BCUT2D eigenvalue weighted by atomic mass is 16.3. The van der Waals surface area contributed by atoms with Crippen LogP contribution in [-0.2, 0) is 4.79 Å². The summed E-state index contributed by atoms with van der Waals surface area (Å²) in [5.41, 5.74) is 0.623. The van der Waals surface area contributed by atoms with Gasteiger partial charge < -0.3 is 10.2 Å². The Morgan fingerprint density at radius 1 is 0.933 bits per heavy atom. The van der Waals surface area contributed by atoms with Crippen molar-refractivity contribution in [1.29, 1.82) is 0 Å². The molecule has 0 aromatic carbocycles. The van der Waals surface area contributed by atoms with E-state index in [1.165, 1.54) is 25.7 Å². The highest BCUT2D eigenvalue weighted by Crippen LogP contribution is 2.68. The van der Waals surface area contributed by atoms with Gasteiger partial charge in [-0.2, -0.15) is 0 Å². The molecule has 0 aromatic heterocycles. The van der Waals surface area contributed by atoms with Gasteiger partial charge >= 0.3 is 0 Å². The topological polar surface area (TPSA) is 57.5 Å². The van der Waals surface area contributed by atoms with Crippen LogP contribution in [0.3, 0.4) is 0 Å². The van der Waals surface area contributed by atoms with Crippen molar-refractivity contribution in [1.82, 2.24) is 0 Å². The fourth-order valence-corrected chi connectivity index (χ4v) is 9.04. The zero-order valence-corrected chi connectivity index (χ0v) is 20.1. The number of carbonyl (C=O) groups is 1. The number of rotatable bonds is 5. The monoisotopic (exact) mass is 418 g/mol. The molecule has 0 aliphatic heterocycles. The first-order valence-electron chi connectivity index (χ1n) is 13.0. The first kappa shape index (κ1) is 22.8. The molecule has 0 radical (unpaired) electrons. The van der Waals surface area contributed by atoms with E-state index in [9.17, 15) is 15.0 Å². The molecule has 0 saturated heterocycles. The zero-order valence-electron chi connectivity index (χ0n) is 20.1. The Labute approximate surface area is 184 Å². The maximum Gasteiger partial charge on any atom is 0.135 e. The van der Waals surface area contributed by atoms with E-state index in [4.69, 9.17) is 0 Å². The van der Waals surface area contributed by atoms with Crippen LogP contribution in [-0.4, -0.2) is 28.2 Å². The molecule has 3 heteroatoms. The highest BCUT2D eigenvalue weighted by molar-refractivity contribution is 5.80. The number of fused-ring (bicyclic) bond motifs is 5. The van der Waals surface area contributed by atoms with Crippen LogP contribution in [0.1, 0.15) is 98.8 Å². The van der Waals surface area contributed by atoms with Crippen molar-refractivity contribution >= 4 is 5.78 Å². The van der Waals surface area contributed by atoms with Crippen molar-refractivity contribution in [2.75, 3.05) is 0 Å². The lowest BCUT2D eigenvalue weighted by Crippen LogP contribution is -2.58. The molecule has 2 N–H and O–H groups in total. The van der Waals surface area contributed by atoms with Crippen molar-refractivity contribution in [3.8, 4) is 0 Å². The van der Waals surface area contributed by atoms with E-state index >= 15 is 0 Å². The third-order valence-electron chi connectivity index (χ3n) is 10.9. The number of ketones is 1. The van der Waals surface area contributed by atoms with Gasteiger partial charge in [0.2, 0.25) is 0 Å². The summed E-state index contributed by atoms with van der Waals surface area (Å²) in [6.07, 6.45) is 10.3. The fraction of sp³-hybridized carbons (Fsp3) is 0.963. The van der Waals surface area contributed by atoms with Gasteiger partial charge in [0.1, 0.15) is 5.78 Å². The van der Waals surface area contributed by atoms with E-state index in [0.717, 1.165) is 38.5 Å². The van der Waals surface area contributed by atoms with Crippen LogP contribution in [0.25, 0.3) is 0 Å². The van der Waals surface area contributed by atoms with Crippen molar-refractivity contribution in [3.05, 3.63) is 0 Å². The Kier molecular flexibility index (Phi) is 6.21. The second kappa shape index (κ2) is 8.18. The number of hydrogen-bond donors (Lipinski definition) is 2. The summed E-state index contributed by atoms with van der Waals surface area (Å²) in [5.74, 6) is 4.01. The second-order valence-electron chi connectivity index (χ2n) is 12.6. The van der Waals surface area contributed by atoms with E-state index in [1.807, 2.05) is 13.8 Å². The van der Waals surface area contributed by atoms with E-state index in [2.05, 4.69) is 20.8 Å². The predicted molar refractivity (Wildman–Crippen MR) is 121 cm³/mol. The molecule has 4 rings (SSSR count). The molecule has 0 heterocycles. The molecule has 0 spiro atoms. The Morgan fingerprint density at radius 3 is 2.30 bits per heavy atom. The van der Waals surface area contributed by atoms with Crippen molar-refractivity contribution in [3.63, 3.8) is 0 Å². The third-order valence-corrected chi connectivity index (χ3v) is 10.9. The second-order valence-corrected chi connectivity index (χ2v) is 12.6. The molecule has 10 atom stereocenters. The number of hydrogen-bond acceptors (Lipinski definition) is 3.